The molecule has 0 aromatic carbocycles. The van der Waals surface area contributed by atoms with Crippen molar-refractivity contribution in [2.45, 2.75) is 6.42 Å². The molecule has 0 unspecified atom stereocenters. The number of amides is 1. The molecule has 108 valence electrons. The Morgan fingerprint density at radius 2 is 2.14 bits per heavy atom. The highest BCUT2D eigenvalue weighted by atomic mass is 79.9. The van der Waals surface area contributed by atoms with Crippen LogP contribution in [0.3, 0.4) is 0 Å². The number of halogens is 1. The van der Waals surface area contributed by atoms with Crippen molar-refractivity contribution in [3.05, 3.63) is 52.7 Å². The van der Waals surface area contributed by atoms with Gasteiger partial charge in [-0.15, -0.1) is 0 Å². The van der Waals surface area contributed by atoms with Crippen LogP contribution in [0, 0.1) is 0 Å². The summed E-state index contributed by atoms with van der Waals surface area (Å²) in [6, 6.07) is 6.59. The highest BCUT2D eigenvalue weighted by Gasteiger charge is 2.03. The maximum atomic E-state index is 11.7. The van der Waals surface area contributed by atoms with E-state index in [1.165, 1.54) is 18.3 Å². The first-order chi connectivity index (χ1) is 10.0. The second-order valence-electron chi connectivity index (χ2n) is 4.07. The summed E-state index contributed by atoms with van der Waals surface area (Å²) in [5.74, 6) is -0.742. The van der Waals surface area contributed by atoms with Crippen LogP contribution in [-0.4, -0.2) is 22.0 Å². The number of hydrogen-bond donors (Lipinski definition) is 2. The van der Waals surface area contributed by atoms with E-state index in [1.54, 1.807) is 24.3 Å². The molecule has 0 aliphatic carbocycles. The van der Waals surface area contributed by atoms with E-state index in [4.69, 9.17) is 9.52 Å². The Morgan fingerprint density at radius 1 is 1.33 bits per heavy atom. The fourth-order valence-corrected chi connectivity index (χ4v) is 1.84. The molecule has 21 heavy (non-hydrogen) atoms. The Labute approximate surface area is 128 Å². The summed E-state index contributed by atoms with van der Waals surface area (Å²) < 4.78 is 5.80. The Kier molecular flexibility index (Phi) is 4.89. The lowest BCUT2D eigenvalue weighted by molar-refractivity contribution is -0.136. The summed E-state index contributed by atoms with van der Waals surface area (Å²) in [6.45, 7) is 0. The number of aliphatic carboxylic acids is 1. The van der Waals surface area contributed by atoms with Crippen molar-refractivity contribution >= 4 is 39.6 Å². The third-order valence-electron chi connectivity index (χ3n) is 2.42. The van der Waals surface area contributed by atoms with Crippen LogP contribution in [-0.2, 0) is 16.0 Å². The molecule has 2 aromatic rings. The highest BCUT2D eigenvalue weighted by Crippen LogP contribution is 2.15. The maximum Gasteiger partial charge on any atom is 0.309 e. The van der Waals surface area contributed by atoms with Gasteiger partial charge in [0, 0.05) is 6.08 Å². The number of rotatable bonds is 5. The molecule has 6 nitrogen and oxygen atoms in total. The van der Waals surface area contributed by atoms with Gasteiger partial charge in [-0.3, -0.25) is 14.6 Å². The summed E-state index contributed by atoms with van der Waals surface area (Å²) in [5.41, 5.74) is 0.913. The van der Waals surface area contributed by atoms with Crippen molar-refractivity contribution in [2.75, 3.05) is 5.32 Å². The van der Waals surface area contributed by atoms with Crippen molar-refractivity contribution in [3.63, 3.8) is 0 Å². The molecular formula is C14H11BrN2O4. The summed E-state index contributed by atoms with van der Waals surface area (Å²) in [4.78, 5) is 26.2. The molecular weight excluding hydrogens is 340 g/mol. The van der Waals surface area contributed by atoms with Crippen LogP contribution in [0.5, 0.6) is 0 Å². The number of hydrogen-bond acceptors (Lipinski definition) is 4. The molecule has 0 saturated carbocycles. The Bertz CT molecular complexity index is 677. The van der Waals surface area contributed by atoms with Gasteiger partial charge >= 0.3 is 5.97 Å². The number of carbonyl (C=O) groups is 2. The Morgan fingerprint density at radius 3 is 2.71 bits per heavy atom. The zero-order chi connectivity index (χ0) is 15.2. The standard InChI is InChI=1S/C14H11BrN2O4/c15-12-5-3-11(21-12)4-6-13(18)17-10-2-1-9(16-8-10)7-14(19)20/h1-6,8H,7H2,(H,17,18)(H,19,20)/b6-4+. The second-order valence-corrected chi connectivity index (χ2v) is 4.85. The van der Waals surface area contributed by atoms with Gasteiger partial charge in [-0.1, -0.05) is 0 Å². The van der Waals surface area contributed by atoms with Gasteiger partial charge in [0.25, 0.3) is 0 Å². The SMILES string of the molecule is O=C(O)Cc1ccc(NC(=O)/C=C/c2ccc(Br)o2)cn1. The number of anilines is 1. The van der Waals surface area contributed by atoms with Gasteiger partial charge < -0.3 is 14.8 Å². The van der Waals surface area contributed by atoms with Crippen LogP contribution in [0.2, 0.25) is 0 Å². The van der Waals surface area contributed by atoms with Gasteiger partial charge in [-0.25, -0.2) is 0 Å². The molecule has 2 N–H and O–H groups in total. The van der Waals surface area contributed by atoms with E-state index >= 15 is 0 Å². The molecule has 0 aliphatic rings. The third-order valence-corrected chi connectivity index (χ3v) is 2.84. The van der Waals surface area contributed by atoms with Crippen molar-refractivity contribution in [1.82, 2.24) is 4.98 Å². The van der Waals surface area contributed by atoms with E-state index in [0.29, 0.717) is 21.8 Å². The lowest BCUT2D eigenvalue weighted by Gasteiger charge is -2.02. The van der Waals surface area contributed by atoms with Crippen LogP contribution in [0.25, 0.3) is 6.08 Å². The first-order valence-corrected chi connectivity index (χ1v) is 6.73. The number of carboxylic acids is 1. The van der Waals surface area contributed by atoms with E-state index in [1.807, 2.05) is 0 Å². The van der Waals surface area contributed by atoms with Crippen LogP contribution < -0.4 is 5.32 Å². The quantitative estimate of drug-likeness (QED) is 0.808. The van der Waals surface area contributed by atoms with Crippen molar-refractivity contribution in [1.29, 1.82) is 0 Å². The molecule has 7 heteroatoms. The zero-order valence-electron chi connectivity index (χ0n) is 10.7. The summed E-state index contributed by atoms with van der Waals surface area (Å²) >= 11 is 3.17. The largest absolute Gasteiger partial charge is 0.481 e. The number of carbonyl (C=O) groups excluding carboxylic acids is 1. The molecule has 0 atom stereocenters. The van der Waals surface area contributed by atoms with E-state index in [2.05, 4.69) is 26.2 Å². The predicted molar refractivity (Wildman–Crippen MR) is 79.6 cm³/mol. The second kappa shape index (κ2) is 6.85. The Hall–Kier alpha value is -2.41. The molecule has 0 saturated heterocycles. The molecule has 0 radical (unpaired) electrons. The molecule has 0 fully saturated rings. The number of pyridine rings is 1. The molecule has 2 heterocycles. The van der Waals surface area contributed by atoms with Gasteiger partial charge in [0.15, 0.2) is 4.67 Å². The van der Waals surface area contributed by atoms with Crippen LogP contribution in [0.1, 0.15) is 11.5 Å². The lowest BCUT2D eigenvalue weighted by atomic mass is 10.2. The van der Waals surface area contributed by atoms with Gasteiger partial charge in [-0.2, -0.15) is 0 Å². The van der Waals surface area contributed by atoms with Crippen LogP contribution in [0.4, 0.5) is 5.69 Å². The van der Waals surface area contributed by atoms with E-state index in [0.717, 1.165) is 0 Å². The topological polar surface area (TPSA) is 92.4 Å². The minimum atomic E-state index is -0.952. The monoisotopic (exact) mass is 350 g/mol. The lowest BCUT2D eigenvalue weighted by Crippen LogP contribution is -2.08. The maximum absolute atomic E-state index is 11.7. The summed E-state index contributed by atoms with van der Waals surface area (Å²) in [7, 11) is 0. The highest BCUT2D eigenvalue weighted by molar-refractivity contribution is 9.10. The Balaban J connectivity index is 1.93. The van der Waals surface area contributed by atoms with E-state index in [-0.39, 0.29) is 12.3 Å². The first-order valence-electron chi connectivity index (χ1n) is 5.94. The normalized spacial score (nSPS) is 10.7. The molecule has 0 bridgehead atoms. The van der Waals surface area contributed by atoms with Gasteiger partial charge in [0.05, 0.1) is 24.0 Å². The van der Waals surface area contributed by atoms with Crippen molar-refractivity contribution < 1.29 is 19.1 Å². The average Bonchev–Trinajstić information content (AvgIpc) is 2.84. The zero-order valence-corrected chi connectivity index (χ0v) is 12.3. The fraction of sp³-hybridized carbons (Fsp3) is 0.0714. The number of aromatic nitrogens is 1. The molecule has 2 rings (SSSR count). The number of carboxylic acid groups (broad SMARTS) is 1. The number of furan rings is 1. The van der Waals surface area contributed by atoms with Crippen molar-refractivity contribution in [3.8, 4) is 0 Å². The van der Waals surface area contributed by atoms with Crippen LogP contribution >= 0.6 is 15.9 Å². The fourth-order valence-electron chi connectivity index (χ4n) is 1.52. The van der Waals surface area contributed by atoms with E-state index < -0.39 is 5.97 Å². The average molecular weight is 351 g/mol. The molecule has 0 aliphatic heterocycles. The smallest absolute Gasteiger partial charge is 0.309 e. The van der Waals surface area contributed by atoms with Crippen molar-refractivity contribution in [2.24, 2.45) is 0 Å². The minimum absolute atomic E-state index is 0.151. The third kappa shape index (κ3) is 4.88. The molecule has 2 aromatic heterocycles. The summed E-state index contributed by atoms with van der Waals surface area (Å²) in [6.07, 6.45) is 4.12. The number of nitrogens with one attached hydrogen (secondary N) is 1. The first kappa shape index (κ1) is 15.0. The predicted octanol–water partition coefficient (Wildman–Crippen LogP) is 2.72. The van der Waals surface area contributed by atoms with Crippen LogP contribution in [0.15, 0.2) is 45.6 Å². The summed E-state index contributed by atoms with van der Waals surface area (Å²) in [5, 5.41) is 11.2. The number of nitrogens with zero attached hydrogens (tertiary/aromatic N) is 1. The molecule has 0 spiro atoms. The van der Waals surface area contributed by atoms with Gasteiger partial charge in [0.1, 0.15) is 5.76 Å². The minimum Gasteiger partial charge on any atom is -0.481 e. The molecule has 1 amide bonds. The van der Waals surface area contributed by atoms with Gasteiger partial charge in [0.2, 0.25) is 5.91 Å². The van der Waals surface area contributed by atoms with Gasteiger partial charge in [-0.05, 0) is 46.3 Å². The van der Waals surface area contributed by atoms with E-state index in [9.17, 15) is 9.59 Å².